The van der Waals surface area contributed by atoms with Crippen LogP contribution in [0.5, 0.6) is 5.75 Å². The van der Waals surface area contributed by atoms with Crippen molar-refractivity contribution in [1.82, 2.24) is 0 Å². The number of halogens is 2. The maximum absolute atomic E-state index is 12.5. The number of ether oxygens (including phenoxy) is 1. The summed E-state index contributed by atoms with van der Waals surface area (Å²) < 4.78 is 5.72. The molecule has 29 heavy (non-hydrogen) atoms. The standard InChI is InChI=1S/C20H17Cl2N3O4/c1-12(2)11-29-19-13(7-15(21)8-18(19)22)6-14(10-23)20(26)24-16-4-3-5-17(9-16)25(27)28/h3-9,12H,11H2,1-2H3,(H,24,26)/b14-6+. The molecule has 2 aromatic carbocycles. The van der Waals surface area contributed by atoms with Crippen molar-refractivity contribution in [2.75, 3.05) is 11.9 Å². The van der Waals surface area contributed by atoms with Crippen molar-refractivity contribution < 1.29 is 14.5 Å². The predicted molar refractivity (Wildman–Crippen MR) is 112 cm³/mol. The summed E-state index contributed by atoms with van der Waals surface area (Å²) in [5, 5.41) is 23.3. The molecule has 0 atom stereocenters. The van der Waals surface area contributed by atoms with E-state index < -0.39 is 10.8 Å². The zero-order valence-corrected chi connectivity index (χ0v) is 17.1. The van der Waals surface area contributed by atoms with E-state index in [-0.39, 0.29) is 27.9 Å². The lowest BCUT2D eigenvalue weighted by Crippen LogP contribution is -2.13. The van der Waals surface area contributed by atoms with Crippen molar-refractivity contribution >= 4 is 46.6 Å². The lowest BCUT2D eigenvalue weighted by molar-refractivity contribution is -0.384. The number of nitro benzene ring substituents is 1. The van der Waals surface area contributed by atoms with Crippen LogP contribution in [0.15, 0.2) is 42.0 Å². The lowest BCUT2D eigenvalue weighted by Gasteiger charge is -2.14. The zero-order valence-electron chi connectivity index (χ0n) is 15.6. The predicted octanol–water partition coefficient (Wildman–Crippen LogP) is 5.48. The quantitative estimate of drug-likeness (QED) is 0.269. The highest BCUT2D eigenvalue weighted by molar-refractivity contribution is 6.36. The average Bonchev–Trinajstić information content (AvgIpc) is 2.65. The van der Waals surface area contributed by atoms with Gasteiger partial charge in [0.2, 0.25) is 0 Å². The fourth-order valence-corrected chi connectivity index (χ4v) is 2.85. The summed E-state index contributed by atoms with van der Waals surface area (Å²) in [6.07, 6.45) is 1.31. The molecule has 0 spiro atoms. The van der Waals surface area contributed by atoms with Crippen LogP contribution in [0.4, 0.5) is 11.4 Å². The highest BCUT2D eigenvalue weighted by Crippen LogP contribution is 2.34. The maximum Gasteiger partial charge on any atom is 0.271 e. The Labute approximate surface area is 177 Å². The largest absolute Gasteiger partial charge is 0.491 e. The molecule has 0 aliphatic carbocycles. The fourth-order valence-electron chi connectivity index (χ4n) is 2.29. The van der Waals surface area contributed by atoms with Gasteiger partial charge in [-0.2, -0.15) is 5.26 Å². The average molecular weight is 434 g/mol. The zero-order chi connectivity index (χ0) is 21.6. The molecule has 0 saturated heterocycles. The van der Waals surface area contributed by atoms with Gasteiger partial charge in [-0.15, -0.1) is 0 Å². The van der Waals surface area contributed by atoms with Crippen LogP contribution < -0.4 is 10.1 Å². The molecule has 1 amide bonds. The van der Waals surface area contributed by atoms with E-state index in [0.717, 1.165) is 0 Å². The van der Waals surface area contributed by atoms with Gasteiger partial charge in [-0.05, 0) is 30.2 Å². The van der Waals surface area contributed by atoms with Crippen LogP contribution in [0.2, 0.25) is 10.0 Å². The molecular formula is C20H17Cl2N3O4. The minimum atomic E-state index is -0.737. The van der Waals surface area contributed by atoms with Crippen LogP contribution in [0.25, 0.3) is 6.08 Å². The van der Waals surface area contributed by atoms with Crippen LogP contribution in [-0.4, -0.2) is 17.4 Å². The molecule has 2 rings (SSSR count). The van der Waals surface area contributed by atoms with Crippen molar-refractivity contribution in [2.24, 2.45) is 5.92 Å². The highest BCUT2D eigenvalue weighted by Gasteiger charge is 2.16. The monoisotopic (exact) mass is 433 g/mol. The smallest absolute Gasteiger partial charge is 0.271 e. The van der Waals surface area contributed by atoms with Crippen LogP contribution in [0.3, 0.4) is 0 Å². The first-order valence-electron chi connectivity index (χ1n) is 8.50. The molecule has 0 fully saturated rings. The Balaban J connectivity index is 2.36. The molecule has 0 bridgehead atoms. The van der Waals surface area contributed by atoms with E-state index in [1.54, 1.807) is 0 Å². The third-order valence-electron chi connectivity index (χ3n) is 3.58. The molecule has 0 aromatic heterocycles. The first-order chi connectivity index (χ1) is 13.7. The molecule has 9 heteroatoms. The van der Waals surface area contributed by atoms with E-state index in [1.165, 1.54) is 42.5 Å². The highest BCUT2D eigenvalue weighted by atomic mass is 35.5. The molecule has 7 nitrogen and oxygen atoms in total. The first-order valence-corrected chi connectivity index (χ1v) is 9.26. The molecular weight excluding hydrogens is 417 g/mol. The number of anilines is 1. The Bertz CT molecular complexity index is 1010. The van der Waals surface area contributed by atoms with Gasteiger partial charge in [-0.3, -0.25) is 14.9 Å². The van der Waals surface area contributed by atoms with Gasteiger partial charge >= 0.3 is 0 Å². The summed E-state index contributed by atoms with van der Waals surface area (Å²) >= 11 is 12.3. The molecule has 150 valence electrons. The number of amides is 1. The SMILES string of the molecule is CC(C)COc1c(Cl)cc(Cl)cc1/C=C(\C#N)C(=O)Nc1cccc([N+](=O)[O-])c1. The van der Waals surface area contributed by atoms with Crippen molar-refractivity contribution in [3.05, 3.63) is 67.7 Å². The summed E-state index contributed by atoms with van der Waals surface area (Å²) in [7, 11) is 0. The van der Waals surface area contributed by atoms with Gasteiger partial charge in [-0.25, -0.2) is 0 Å². The fraction of sp³-hybridized carbons (Fsp3) is 0.200. The molecule has 0 radical (unpaired) electrons. The topological polar surface area (TPSA) is 105 Å². The normalized spacial score (nSPS) is 11.1. The van der Waals surface area contributed by atoms with E-state index in [0.29, 0.717) is 22.9 Å². The van der Waals surface area contributed by atoms with E-state index in [1.807, 2.05) is 19.9 Å². The Morgan fingerprint density at radius 1 is 1.34 bits per heavy atom. The number of hydrogen-bond acceptors (Lipinski definition) is 5. The van der Waals surface area contributed by atoms with Gasteiger partial charge in [0.15, 0.2) is 0 Å². The number of nitro groups is 1. The number of nitrogens with one attached hydrogen (secondary N) is 1. The number of non-ortho nitro benzene ring substituents is 1. The minimum absolute atomic E-state index is 0.184. The van der Waals surface area contributed by atoms with Gasteiger partial charge in [-0.1, -0.05) is 43.1 Å². The second-order valence-corrected chi connectivity index (χ2v) is 7.29. The summed E-state index contributed by atoms with van der Waals surface area (Å²) in [6, 6.07) is 10.2. The van der Waals surface area contributed by atoms with Crippen LogP contribution in [0.1, 0.15) is 19.4 Å². The molecule has 0 heterocycles. The number of benzene rings is 2. The van der Waals surface area contributed by atoms with Crippen molar-refractivity contribution in [3.8, 4) is 11.8 Å². The van der Waals surface area contributed by atoms with Crippen LogP contribution in [0, 0.1) is 27.4 Å². The second kappa shape index (κ2) is 9.92. The Hall–Kier alpha value is -3.08. The number of rotatable bonds is 7. The van der Waals surface area contributed by atoms with Gasteiger partial charge in [0, 0.05) is 28.4 Å². The molecule has 2 aromatic rings. The van der Waals surface area contributed by atoms with E-state index in [2.05, 4.69) is 5.32 Å². The Kier molecular flexibility index (Phi) is 7.59. The molecule has 0 saturated carbocycles. The molecule has 0 aliphatic heterocycles. The van der Waals surface area contributed by atoms with Gasteiger partial charge in [0.05, 0.1) is 16.6 Å². The minimum Gasteiger partial charge on any atom is -0.491 e. The Morgan fingerprint density at radius 2 is 2.07 bits per heavy atom. The summed E-state index contributed by atoms with van der Waals surface area (Å²) in [5.74, 6) is -0.203. The number of carbonyl (C=O) groups excluding carboxylic acids is 1. The summed E-state index contributed by atoms with van der Waals surface area (Å²) in [6.45, 7) is 4.31. The van der Waals surface area contributed by atoms with Crippen LogP contribution >= 0.6 is 23.2 Å². The maximum atomic E-state index is 12.5. The Morgan fingerprint density at radius 3 is 2.69 bits per heavy atom. The van der Waals surface area contributed by atoms with Crippen molar-refractivity contribution in [3.63, 3.8) is 0 Å². The lowest BCUT2D eigenvalue weighted by atomic mass is 10.1. The second-order valence-electron chi connectivity index (χ2n) is 6.44. The third kappa shape index (κ3) is 6.21. The van der Waals surface area contributed by atoms with Gasteiger partial charge in [0.25, 0.3) is 11.6 Å². The van der Waals surface area contributed by atoms with Gasteiger partial charge < -0.3 is 10.1 Å². The van der Waals surface area contributed by atoms with Crippen molar-refractivity contribution in [1.29, 1.82) is 5.26 Å². The third-order valence-corrected chi connectivity index (χ3v) is 4.08. The number of nitriles is 1. The summed E-state index contributed by atoms with van der Waals surface area (Å²) in [5.41, 5.74) is 0.125. The number of hydrogen-bond donors (Lipinski definition) is 1. The van der Waals surface area contributed by atoms with E-state index >= 15 is 0 Å². The van der Waals surface area contributed by atoms with Crippen LogP contribution in [-0.2, 0) is 4.79 Å². The van der Waals surface area contributed by atoms with Crippen molar-refractivity contribution in [2.45, 2.75) is 13.8 Å². The van der Waals surface area contributed by atoms with Gasteiger partial charge in [0.1, 0.15) is 17.4 Å². The molecule has 0 unspecified atom stereocenters. The summed E-state index contributed by atoms with van der Waals surface area (Å²) in [4.78, 5) is 22.8. The molecule has 0 aliphatic rings. The number of nitrogens with zero attached hydrogens (tertiary/aromatic N) is 2. The number of carbonyl (C=O) groups is 1. The van der Waals surface area contributed by atoms with E-state index in [9.17, 15) is 20.2 Å². The molecule has 1 N–H and O–H groups in total. The first kappa shape index (κ1) is 22.2. The van der Waals surface area contributed by atoms with E-state index in [4.69, 9.17) is 27.9 Å².